The number of quaternary nitrogens is 1. The third-order valence-electron chi connectivity index (χ3n) is 12.3. The lowest BCUT2D eigenvalue weighted by atomic mass is 10.1. The van der Waals surface area contributed by atoms with E-state index in [9.17, 15) is 19.5 Å². The molecular weight excluding hydrogens is 983 g/mol. The molecule has 0 aliphatic heterocycles. The van der Waals surface area contributed by atoms with Gasteiger partial charge in [-0.05, 0) is 128 Å². The van der Waals surface area contributed by atoms with E-state index in [1.807, 2.05) is 21.1 Å². The summed E-state index contributed by atoms with van der Waals surface area (Å²) in [7, 11) is 5.89. The number of aliphatic carboxylic acids is 1. The number of hydrogen-bond donors (Lipinski definition) is 0. The van der Waals surface area contributed by atoms with Crippen LogP contribution in [0.5, 0.6) is 0 Å². The Bertz CT molecular complexity index is 1850. The Morgan fingerprint density at radius 3 is 1.10 bits per heavy atom. The van der Waals surface area contributed by atoms with E-state index in [4.69, 9.17) is 18.9 Å². The van der Waals surface area contributed by atoms with Crippen molar-refractivity contribution in [3.05, 3.63) is 158 Å². The number of carboxylic acid groups (broad SMARTS) is 1. The van der Waals surface area contributed by atoms with Crippen molar-refractivity contribution in [1.29, 1.82) is 0 Å². The van der Waals surface area contributed by atoms with E-state index in [1.54, 1.807) is 0 Å². The predicted molar refractivity (Wildman–Crippen MR) is 333 cm³/mol. The quantitative estimate of drug-likeness (QED) is 0.0195. The van der Waals surface area contributed by atoms with Crippen molar-refractivity contribution in [2.24, 2.45) is 0 Å². The van der Waals surface area contributed by atoms with Crippen molar-refractivity contribution in [1.82, 2.24) is 0 Å². The molecule has 444 valence electrons. The van der Waals surface area contributed by atoms with Crippen LogP contribution in [0.4, 0.5) is 0 Å². The Morgan fingerprint density at radius 1 is 0.392 bits per heavy atom. The SMILES string of the molecule is CC/C=C\C/C=C\C/C=C\C/C=C\C/C=C\C/C=C\C/C=C\C/C=C\C/C=C\C/C=C\CCCCC(=O)OC(COC(=O)CCCCCCCC/C=C\C/C=C\C/C=C\CCCCCCC)COC(OCC[N+](C)(C)C)C(=O)[O-]. The minimum Gasteiger partial charge on any atom is -0.545 e. The van der Waals surface area contributed by atoms with Gasteiger partial charge in [-0.25, -0.2) is 0 Å². The number of unbranched alkanes of at least 4 members (excludes halogenated alkanes) is 13. The summed E-state index contributed by atoms with van der Waals surface area (Å²) in [6, 6.07) is 0. The van der Waals surface area contributed by atoms with Crippen molar-refractivity contribution in [3.8, 4) is 0 Å². The predicted octanol–water partition coefficient (Wildman–Crippen LogP) is 17.2. The van der Waals surface area contributed by atoms with Crippen LogP contribution in [0, 0.1) is 0 Å². The average molecular weight is 1090 g/mol. The van der Waals surface area contributed by atoms with Crippen molar-refractivity contribution < 1.29 is 42.9 Å². The molecular formula is C70H111NO8. The van der Waals surface area contributed by atoms with Crippen molar-refractivity contribution >= 4 is 17.9 Å². The molecule has 0 N–H and O–H groups in total. The Balaban J connectivity index is 4.39. The molecule has 0 fully saturated rings. The highest BCUT2D eigenvalue weighted by molar-refractivity contribution is 5.70. The van der Waals surface area contributed by atoms with Crippen LogP contribution in [-0.4, -0.2) is 82.3 Å². The maximum Gasteiger partial charge on any atom is 0.306 e. The Kier molecular flexibility index (Phi) is 55.2. The zero-order valence-electron chi connectivity index (χ0n) is 50.4. The molecule has 0 saturated heterocycles. The van der Waals surface area contributed by atoms with E-state index >= 15 is 0 Å². The fourth-order valence-corrected chi connectivity index (χ4v) is 7.57. The first-order valence-electron chi connectivity index (χ1n) is 30.6. The molecule has 79 heavy (non-hydrogen) atoms. The third-order valence-corrected chi connectivity index (χ3v) is 12.3. The number of ether oxygens (including phenoxy) is 4. The summed E-state index contributed by atoms with van der Waals surface area (Å²) >= 11 is 0. The monoisotopic (exact) mass is 1090 g/mol. The maximum atomic E-state index is 12.9. The molecule has 0 spiro atoms. The number of likely N-dealkylation sites (N-methyl/N-ethyl adjacent to an activating group) is 1. The first-order valence-corrected chi connectivity index (χ1v) is 30.6. The summed E-state index contributed by atoms with van der Waals surface area (Å²) in [6.45, 7) is 4.53. The highest BCUT2D eigenvalue weighted by Crippen LogP contribution is 2.12. The number of hydrogen-bond acceptors (Lipinski definition) is 8. The van der Waals surface area contributed by atoms with Crippen LogP contribution in [0.2, 0.25) is 0 Å². The molecule has 0 aliphatic rings. The van der Waals surface area contributed by atoms with Crippen LogP contribution in [-0.2, 0) is 33.3 Å². The van der Waals surface area contributed by atoms with Crippen LogP contribution < -0.4 is 5.11 Å². The maximum absolute atomic E-state index is 12.9. The number of allylic oxidation sites excluding steroid dienone is 26. The molecule has 9 nitrogen and oxygen atoms in total. The van der Waals surface area contributed by atoms with Crippen molar-refractivity contribution in [2.75, 3.05) is 47.5 Å². The number of carbonyl (C=O) groups excluding carboxylic acids is 3. The fraction of sp³-hybridized carbons (Fsp3) is 0.586. The van der Waals surface area contributed by atoms with E-state index < -0.39 is 24.3 Å². The summed E-state index contributed by atoms with van der Waals surface area (Å²) < 4.78 is 22.6. The molecule has 0 aromatic heterocycles. The van der Waals surface area contributed by atoms with Gasteiger partial charge in [0.05, 0.1) is 40.3 Å². The summed E-state index contributed by atoms with van der Waals surface area (Å²) in [5.41, 5.74) is 0. The fourth-order valence-electron chi connectivity index (χ4n) is 7.57. The average Bonchev–Trinajstić information content (AvgIpc) is 3.42. The summed E-state index contributed by atoms with van der Waals surface area (Å²) in [5.74, 6) is -2.38. The van der Waals surface area contributed by atoms with E-state index in [0.717, 1.165) is 128 Å². The number of carboxylic acids is 1. The molecule has 0 rings (SSSR count). The zero-order chi connectivity index (χ0) is 57.6. The standard InChI is InChI=1S/C70H111NO8/c1-6-8-10-12-14-16-18-20-22-24-26-28-29-30-31-32-33-34-35-36-37-38-39-41-43-45-47-49-51-53-55-57-59-61-68(73)79-66(65-78-70(69(74)75)76-63-62-71(3,4)5)64-77-67(72)60-58-56-54-52-50-48-46-44-42-40-27-25-23-21-19-17-15-13-11-9-7-2/h8,10,14,16,19-22,25-28,30-31,33-34,36-37,39,41-42,44-45,47,51,53,66,70H,6-7,9,11-13,15,17-18,23-24,29,32,35,38,40,43,46,48-50,52,54-65H2,1-5H3/b10-8-,16-14-,21-19-,22-20-,27-25-,28-26-,31-30-,34-33-,37-36-,41-39-,44-42-,47-45-,53-51-. The number of nitrogens with zero attached hydrogens (tertiary/aromatic N) is 1. The minimum atomic E-state index is -1.65. The van der Waals surface area contributed by atoms with E-state index in [-0.39, 0.29) is 38.6 Å². The van der Waals surface area contributed by atoms with Gasteiger partial charge in [0.1, 0.15) is 13.2 Å². The molecule has 0 amide bonds. The molecule has 2 unspecified atom stereocenters. The van der Waals surface area contributed by atoms with Crippen LogP contribution in [0.1, 0.15) is 206 Å². The van der Waals surface area contributed by atoms with Gasteiger partial charge in [0.25, 0.3) is 0 Å². The second-order valence-corrected chi connectivity index (χ2v) is 20.9. The van der Waals surface area contributed by atoms with Gasteiger partial charge in [-0.3, -0.25) is 9.59 Å². The highest BCUT2D eigenvalue weighted by Gasteiger charge is 2.22. The zero-order valence-corrected chi connectivity index (χ0v) is 50.4. The molecule has 0 aliphatic carbocycles. The smallest absolute Gasteiger partial charge is 0.306 e. The highest BCUT2D eigenvalue weighted by atomic mass is 16.7. The number of rotatable bonds is 54. The van der Waals surface area contributed by atoms with Gasteiger partial charge < -0.3 is 33.3 Å². The summed E-state index contributed by atoms with van der Waals surface area (Å²) in [6.07, 6.45) is 84.4. The Labute approximate surface area is 483 Å². The number of carbonyl (C=O) groups is 3. The largest absolute Gasteiger partial charge is 0.545 e. The molecule has 0 bridgehead atoms. The molecule has 0 aromatic rings. The van der Waals surface area contributed by atoms with Gasteiger partial charge in [-0.15, -0.1) is 0 Å². The van der Waals surface area contributed by atoms with E-state index in [1.165, 1.54) is 38.5 Å². The van der Waals surface area contributed by atoms with E-state index in [0.29, 0.717) is 23.9 Å². The van der Waals surface area contributed by atoms with Gasteiger partial charge in [0, 0.05) is 12.8 Å². The van der Waals surface area contributed by atoms with Crippen LogP contribution >= 0.6 is 0 Å². The lowest BCUT2D eigenvalue weighted by Crippen LogP contribution is -2.44. The van der Waals surface area contributed by atoms with Crippen LogP contribution in [0.15, 0.2) is 158 Å². The van der Waals surface area contributed by atoms with Gasteiger partial charge in [0.15, 0.2) is 12.4 Å². The normalized spacial score (nSPS) is 13.9. The van der Waals surface area contributed by atoms with Crippen LogP contribution in [0.25, 0.3) is 0 Å². The molecule has 0 saturated carbocycles. The molecule has 0 radical (unpaired) electrons. The van der Waals surface area contributed by atoms with Crippen LogP contribution in [0.3, 0.4) is 0 Å². The Morgan fingerprint density at radius 2 is 0.722 bits per heavy atom. The lowest BCUT2D eigenvalue weighted by Gasteiger charge is -2.26. The van der Waals surface area contributed by atoms with Gasteiger partial charge in [0.2, 0.25) is 0 Å². The topological polar surface area (TPSA) is 111 Å². The molecule has 2 atom stereocenters. The number of esters is 2. The summed E-state index contributed by atoms with van der Waals surface area (Å²) in [4.78, 5) is 37.3. The molecule has 9 heteroatoms. The third kappa shape index (κ3) is 60.4. The van der Waals surface area contributed by atoms with Crippen molar-refractivity contribution in [2.45, 2.75) is 219 Å². The second-order valence-electron chi connectivity index (χ2n) is 20.9. The lowest BCUT2D eigenvalue weighted by molar-refractivity contribution is -0.870. The van der Waals surface area contributed by atoms with Crippen molar-refractivity contribution in [3.63, 3.8) is 0 Å². The first-order chi connectivity index (χ1) is 38.6. The second kappa shape index (κ2) is 59.0. The van der Waals surface area contributed by atoms with E-state index in [2.05, 4.69) is 172 Å². The first kappa shape index (κ1) is 73.9. The molecule has 0 aromatic carbocycles. The Hall–Kier alpha value is -5.09. The minimum absolute atomic E-state index is 0.127. The summed E-state index contributed by atoms with van der Waals surface area (Å²) in [5, 5.41) is 11.8. The van der Waals surface area contributed by atoms with Gasteiger partial charge >= 0.3 is 11.9 Å². The van der Waals surface area contributed by atoms with Gasteiger partial charge in [-0.2, -0.15) is 0 Å². The van der Waals surface area contributed by atoms with Gasteiger partial charge in [-0.1, -0.05) is 223 Å². The molecule has 0 heterocycles.